The van der Waals surface area contributed by atoms with Gasteiger partial charge in [0.2, 0.25) is 0 Å². The van der Waals surface area contributed by atoms with Gasteiger partial charge in [-0.3, -0.25) is 4.79 Å². The van der Waals surface area contributed by atoms with Gasteiger partial charge in [-0.05, 0) is 31.9 Å². The zero-order valence-electron chi connectivity index (χ0n) is 16.4. The Morgan fingerprint density at radius 3 is 2.16 bits per heavy atom. The standard InChI is InChI=1S/C17H32ClFO5Si/c1-8-10-16(4,5)13(24-25(6)7)11-14(23-12(3)20)17(18,19)15(21)22-9-2/h13-14,25H,8-11H2,1-7H3. The molecule has 0 heterocycles. The van der Waals surface area contributed by atoms with Gasteiger partial charge in [0, 0.05) is 13.3 Å². The summed E-state index contributed by atoms with van der Waals surface area (Å²) < 4.78 is 30.8. The number of alkyl halides is 2. The van der Waals surface area contributed by atoms with E-state index in [9.17, 15) is 14.0 Å². The van der Waals surface area contributed by atoms with Crippen molar-refractivity contribution in [3.63, 3.8) is 0 Å². The fourth-order valence-electron chi connectivity index (χ4n) is 2.72. The largest absolute Gasteiger partial charge is 0.463 e. The number of ether oxygens (including phenoxy) is 2. The number of hydrogen-bond acceptors (Lipinski definition) is 5. The Labute approximate surface area is 157 Å². The predicted molar refractivity (Wildman–Crippen MR) is 98.9 cm³/mol. The highest BCUT2D eigenvalue weighted by atomic mass is 35.5. The van der Waals surface area contributed by atoms with Crippen molar-refractivity contribution in [2.45, 2.75) is 84.3 Å². The topological polar surface area (TPSA) is 61.8 Å². The third kappa shape index (κ3) is 8.05. The molecule has 0 saturated carbocycles. The minimum Gasteiger partial charge on any atom is -0.463 e. The lowest BCUT2D eigenvalue weighted by molar-refractivity contribution is -0.169. The molecule has 0 amide bonds. The Kier molecular flexibility index (Phi) is 10.2. The van der Waals surface area contributed by atoms with Crippen LogP contribution >= 0.6 is 11.6 Å². The highest BCUT2D eigenvalue weighted by Gasteiger charge is 2.51. The molecule has 0 fully saturated rings. The molecule has 0 N–H and O–H groups in total. The summed E-state index contributed by atoms with van der Waals surface area (Å²) in [6, 6.07) is 0. The average Bonchev–Trinajstić information content (AvgIpc) is 2.44. The van der Waals surface area contributed by atoms with E-state index in [0.29, 0.717) is 0 Å². The number of carbonyl (C=O) groups is 2. The maximum absolute atomic E-state index is 14.9. The molecule has 0 aromatic rings. The molecule has 148 valence electrons. The second-order valence-corrected chi connectivity index (χ2v) is 10.0. The lowest BCUT2D eigenvalue weighted by atomic mass is 9.79. The van der Waals surface area contributed by atoms with Gasteiger partial charge in [0.15, 0.2) is 15.1 Å². The molecular weight excluding hydrogens is 367 g/mol. The molecule has 3 unspecified atom stereocenters. The van der Waals surface area contributed by atoms with E-state index in [4.69, 9.17) is 25.5 Å². The van der Waals surface area contributed by atoms with Crippen molar-refractivity contribution in [1.29, 1.82) is 0 Å². The molecule has 8 heteroatoms. The Bertz CT molecular complexity index is 443. The highest BCUT2D eigenvalue weighted by molar-refractivity contribution is 6.48. The molecule has 25 heavy (non-hydrogen) atoms. The summed E-state index contributed by atoms with van der Waals surface area (Å²) in [6.45, 7) is 12.8. The van der Waals surface area contributed by atoms with Crippen molar-refractivity contribution < 1.29 is 27.9 Å². The molecule has 0 aromatic heterocycles. The van der Waals surface area contributed by atoms with Crippen LogP contribution in [-0.2, 0) is 23.5 Å². The first-order chi connectivity index (χ1) is 11.4. The summed E-state index contributed by atoms with van der Waals surface area (Å²) in [5.74, 6) is -1.97. The lowest BCUT2D eigenvalue weighted by Gasteiger charge is -2.39. The Hall–Kier alpha value is -0.663. The van der Waals surface area contributed by atoms with Crippen LogP contribution in [0.3, 0.4) is 0 Å². The van der Waals surface area contributed by atoms with Crippen LogP contribution < -0.4 is 0 Å². The first kappa shape index (κ1) is 24.3. The van der Waals surface area contributed by atoms with Gasteiger partial charge < -0.3 is 13.9 Å². The van der Waals surface area contributed by atoms with Crippen molar-refractivity contribution in [2.75, 3.05) is 6.61 Å². The monoisotopic (exact) mass is 398 g/mol. The Morgan fingerprint density at radius 1 is 1.20 bits per heavy atom. The summed E-state index contributed by atoms with van der Waals surface area (Å²) in [6.07, 6.45) is -0.140. The number of hydrogen-bond donors (Lipinski definition) is 0. The number of halogens is 2. The molecule has 0 bridgehead atoms. The smallest absolute Gasteiger partial charge is 0.363 e. The van der Waals surface area contributed by atoms with E-state index in [1.807, 2.05) is 26.9 Å². The molecule has 0 rings (SSSR count). The van der Waals surface area contributed by atoms with Crippen LogP contribution in [0.2, 0.25) is 13.1 Å². The van der Waals surface area contributed by atoms with Gasteiger partial charge in [0.1, 0.15) is 0 Å². The second-order valence-electron chi connectivity index (χ2n) is 7.09. The fourth-order valence-corrected chi connectivity index (χ4v) is 4.04. The van der Waals surface area contributed by atoms with E-state index in [2.05, 4.69) is 6.92 Å². The predicted octanol–water partition coefficient (Wildman–Crippen LogP) is 3.97. The lowest BCUT2D eigenvalue weighted by Crippen LogP contribution is -2.48. The van der Waals surface area contributed by atoms with Crippen molar-refractivity contribution >= 4 is 32.6 Å². The van der Waals surface area contributed by atoms with Crippen LogP contribution in [0.1, 0.15) is 53.9 Å². The molecule has 0 aliphatic heterocycles. The van der Waals surface area contributed by atoms with Gasteiger partial charge in [0.25, 0.3) is 0 Å². The summed E-state index contributed by atoms with van der Waals surface area (Å²) in [4.78, 5) is 23.3. The van der Waals surface area contributed by atoms with Crippen LogP contribution in [0, 0.1) is 5.41 Å². The van der Waals surface area contributed by atoms with Crippen LogP contribution in [0.5, 0.6) is 0 Å². The Balaban J connectivity index is 5.61. The Morgan fingerprint density at radius 2 is 1.76 bits per heavy atom. The minimum absolute atomic E-state index is 0.0173. The molecule has 0 saturated heterocycles. The number of carbonyl (C=O) groups excluding carboxylic acids is 2. The van der Waals surface area contributed by atoms with Crippen LogP contribution in [0.25, 0.3) is 0 Å². The maximum atomic E-state index is 14.9. The van der Waals surface area contributed by atoms with Gasteiger partial charge in [-0.2, -0.15) is 0 Å². The molecule has 0 aliphatic rings. The zero-order chi connectivity index (χ0) is 19.8. The summed E-state index contributed by atoms with van der Waals surface area (Å²) >= 11 is 5.82. The quantitative estimate of drug-likeness (QED) is 0.299. The van der Waals surface area contributed by atoms with Crippen molar-refractivity contribution in [3.05, 3.63) is 0 Å². The number of rotatable bonds is 11. The average molecular weight is 399 g/mol. The third-order valence-electron chi connectivity index (χ3n) is 3.89. The van der Waals surface area contributed by atoms with E-state index in [0.717, 1.165) is 19.8 Å². The molecule has 0 aromatic carbocycles. The van der Waals surface area contributed by atoms with Crippen LogP contribution in [-0.4, -0.2) is 44.9 Å². The maximum Gasteiger partial charge on any atom is 0.363 e. The summed E-state index contributed by atoms with van der Waals surface area (Å²) in [5.41, 5.74) is -0.286. The van der Waals surface area contributed by atoms with Gasteiger partial charge in [-0.15, -0.1) is 0 Å². The molecule has 5 nitrogen and oxygen atoms in total. The fraction of sp³-hybridized carbons (Fsp3) is 0.882. The van der Waals surface area contributed by atoms with Gasteiger partial charge in [0.05, 0.1) is 12.7 Å². The van der Waals surface area contributed by atoms with Crippen molar-refractivity contribution in [3.8, 4) is 0 Å². The zero-order valence-corrected chi connectivity index (χ0v) is 18.3. The SMILES string of the molecule is CCCC(C)(C)C(CC(OC(C)=O)C(F)(Cl)C(=O)OCC)O[SiH](C)C. The highest BCUT2D eigenvalue weighted by Crippen LogP contribution is 2.37. The van der Waals surface area contributed by atoms with Crippen molar-refractivity contribution in [1.82, 2.24) is 0 Å². The second kappa shape index (κ2) is 10.5. The van der Waals surface area contributed by atoms with Crippen molar-refractivity contribution in [2.24, 2.45) is 5.41 Å². The van der Waals surface area contributed by atoms with E-state index in [1.165, 1.54) is 0 Å². The van der Waals surface area contributed by atoms with Crippen LogP contribution in [0.4, 0.5) is 4.39 Å². The molecule has 0 spiro atoms. The van der Waals surface area contributed by atoms with E-state index in [1.54, 1.807) is 6.92 Å². The van der Waals surface area contributed by atoms with Gasteiger partial charge in [-0.1, -0.05) is 38.8 Å². The normalized spacial score (nSPS) is 16.9. The first-order valence-corrected chi connectivity index (χ1v) is 11.9. The van der Waals surface area contributed by atoms with E-state index >= 15 is 0 Å². The van der Waals surface area contributed by atoms with Gasteiger partial charge >= 0.3 is 17.1 Å². The minimum atomic E-state index is -2.95. The summed E-state index contributed by atoms with van der Waals surface area (Å²) in [7, 11) is -1.46. The number of esters is 2. The van der Waals surface area contributed by atoms with Crippen LogP contribution in [0.15, 0.2) is 0 Å². The molecular formula is C17H32ClFO5Si. The first-order valence-electron chi connectivity index (χ1n) is 8.76. The third-order valence-corrected chi connectivity index (χ3v) is 5.16. The summed E-state index contributed by atoms with van der Waals surface area (Å²) in [5, 5.41) is -2.95. The molecule has 0 radical (unpaired) electrons. The molecule has 3 atom stereocenters. The van der Waals surface area contributed by atoms with Gasteiger partial charge in [-0.25, -0.2) is 9.18 Å². The van der Waals surface area contributed by atoms with E-state index < -0.39 is 38.3 Å². The van der Waals surface area contributed by atoms with E-state index in [-0.39, 0.29) is 18.4 Å². The molecule has 0 aliphatic carbocycles.